The molecule has 0 spiro atoms. The van der Waals surface area contributed by atoms with Gasteiger partial charge in [0.05, 0.1) is 5.69 Å². The Kier molecular flexibility index (Phi) is 5.24. The summed E-state index contributed by atoms with van der Waals surface area (Å²) in [6.07, 6.45) is 4.00. The van der Waals surface area contributed by atoms with E-state index in [2.05, 4.69) is 4.90 Å². The van der Waals surface area contributed by atoms with Crippen LogP contribution >= 0.6 is 0 Å². The van der Waals surface area contributed by atoms with Crippen LogP contribution in [0.4, 0.5) is 5.69 Å². The van der Waals surface area contributed by atoms with Crippen LogP contribution in [-0.2, 0) is 10.0 Å². The maximum atomic E-state index is 12.5. The minimum absolute atomic E-state index is 0.117. The van der Waals surface area contributed by atoms with Crippen molar-refractivity contribution in [1.29, 1.82) is 0 Å². The Balaban J connectivity index is 2.40. The molecule has 0 saturated heterocycles. The van der Waals surface area contributed by atoms with Crippen LogP contribution in [0.25, 0.3) is 0 Å². The van der Waals surface area contributed by atoms with Crippen molar-refractivity contribution in [2.45, 2.75) is 36.6 Å². The van der Waals surface area contributed by atoms with Gasteiger partial charge >= 0.3 is 0 Å². The smallest absolute Gasteiger partial charge is 0.244 e. The Bertz CT molecular complexity index is 568. The molecule has 0 unspecified atom stereocenters. The van der Waals surface area contributed by atoms with Gasteiger partial charge in [-0.2, -0.15) is 0 Å². The van der Waals surface area contributed by atoms with Crippen LogP contribution < -0.4 is 4.90 Å². The van der Waals surface area contributed by atoms with E-state index in [0.717, 1.165) is 18.5 Å². The minimum Gasteiger partial charge on any atom is -0.396 e. The highest BCUT2D eigenvalue weighted by Gasteiger charge is 2.30. The third-order valence-electron chi connectivity index (χ3n) is 4.01. The zero-order chi connectivity index (χ0) is 15.5. The van der Waals surface area contributed by atoms with Gasteiger partial charge in [-0.3, -0.25) is 0 Å². The number of aliphatic hydroxyl groups excluding tert-OH is 1. The summed E-state index contributed by atoms with van der Waals surface area (Å²) in [4.78, 5) is 2.50. The molecule has 0 atom stereocenters. The van der Waals surface area contributed by atoms with Gasteiger partial charge in [-0.25, -0.2) is 12.7 Å². The van der Waals surface area contributed by atoms with Gasteiger partial charge in [0.2, 0.25) is 10.0 Å². The third-order valence-corrected chi connectivity index (χ3v) is 5.87. The van der Waals surface area contributed by atoms with E-state index in [1.54, 1.807) is 26.2 Å². The lowest BCUT2D eigenvalue weighted by atomic mass is 9.91. The van der Waals surface area contributed by atoms with Crippen molar-refractivity contribution in [2.75, 3.05) is 32.1 Å². The number of nitrogens with zero attached hydrogens (tertiary/aromatic N) is 2. The number of sulfonamides is 1. The number of aliphatic hydroxyl groups is 1. The van der Waals surface area contributed by atoms with Gasteiger partial charge in [0.25, 0.3) is 0 Å². The highest BCUT2D eigenvalue weighted by atomic mass is 32.2. The first kappa shape index (κ1) is 16.3. The van der Waals surface area contributed by atoms with Crippen LogP contribution in [0, 0.1) is 0 Å². The lowest BCUT2D eigenvalue weighted by Crippen LogP contribution is -2.42. The molecule has 1 aromatic carbocycles. The van der Waals surface area contributed by atoms with E-state index in [1.807, 2.05) is 12.1 Å². The van der Waals surface area contributed by atoms with E-state index in [0.29, 0.717) is 23.9 Å². The first-order valence-electron chi connectivity index (χ1n) is 7.37. The lowest BCUT2D eigenvalue weighted by Gasteiger charge is -2.40. The van der Waals surface area contributed by atoms with Crippen LogP contribution in [0.5, 0.6) is 0 Å². The molecule has 2 rings (SSSR count). The van der Waals surface area contributed by atoms with Gasteiger partial charge in [-0.15, -0.1) is 0 Å². The molecule has 21 heavy (non-hydrogen) atoms. The highest BCUT2D eigenvalue weighted by molar-refractivity contribution is 7.89. The van der Waals surface area contributed by atoms with E-state index < -0.39 is 10.0 Å². The molecule has 1 fully saturated rings. The molecule has 0 radical (unpaired) electrons. The summed E-state index contributed by atoms with van der Waals surface area (Å²) in [5.74, 6) is 0. The van der Waals surface area contributed by atoms with Crippen molar-refractivity contribution in [3.63, 3.8) is 0 Å². The van der Waals surface area contributed by atoms with Gasteiger partial charge < -0.3 is 10.0 Å². The summed E-state index contributed by atoms with van der Waals surface area (Å²) in [7, 11) is -0.368. The molecule has 0 amide bonds. The Morgan fingerprint density at radius 1 is 1.24 bits per heavy atom. The maximum absolute atomic E-state index is 12.5. The monoisotopic (exact) mass is 312 g/mol. The largest absolute Gasteiger partial charge is 0.396 e. The average molecular weight is 312 g/mol. The summed E-state index contributed by atoms with van der Waals surface area (Å²) >= 11 is 0. The quantitative estimate of drug-likeness (QED) is 0.832. The third kappa shape index (κ3) is 3.39. The van der Waals surface area contributed by atoms with Crippen LogP contribution in [0.3, 0.4) is 0 Å². The summed E-state index contributed by atoms with van der Waals surface area (Å²) in [6.45, 7) is 0.799. The van der Waals surface area contributed by atoms with Gasteiger partial charge in [0.15, 0.2) is 0 Å². The van der Waals surface area contributed by atoms with Gasteiger partial charge in [0, 0.05) is 33.3 Å². The van der Waals surface area contributed by atoms with Crippen LogP contribution in [-0.4, -0.2) is 51.1 Å². The number of hydrogen-bond donors (Lipinski definition) is 1. The predicted octanol–water partition coefficient (Wildman–Crippen LogP) is 1.68. The summed E-state index contributed by atoms with van der Waals surface area (Å²) in [6, 6.07) is 7.54. The van der Waals surface area contributed by atoms with E-state index in [-0.39, 0.29) is 6.61 Å². The van der Waals surface area contributed by atoms with Crippen molar-refractivity contribution in [3.05, 3.63) is 24.3 Å². The molecule has 1 saturated carbocycles. The van der Waals surface area contributed by atoms with Crippen LogP contribution in [0.1, 0.15) is 25.7 Å². The van der Waals surface area contributed by atoms with Crippen molar-refractivity contribution in [1.82, 2.24) is 4.31 Å². The summed E-state index contributed by atoms with van der Waals surface area (Å²) < 4.78 is 26.3. The second-order valence-corrected chi connectivity index (χ2v) is 7.73. The number of benzene rings is 1. The van der Waals surface area contributed by atoms with E-state index >= 15 is 0 Å². The molecule has 1 aliphatic rings. The standard InChI is InChI=1S/C15H24N2O3S/c1-16(2)21(19,20)15-10-4-3-9-14(15)17(11-6-12-18)13-7-5-8-13/h3-4,9-10,13,18H,5-8,11-12H2,1-2H3. The van der Waals surface area contributed by atoms with Crippen molar-refractivity contribution < 1.29 is 13.5 Å². The predicted molar refractivity (Wildman–Crippen MR) is 84.0 cm³/mol. The summed E-state index contributed by atoms with van der Waals surface area (Å²) in [5.41, 5.74) is 0.754. The second-order valence-electron chi connectivity index (χ2n) is 5.61. The van der Waals surface area contributed by atoms with Crippen molar-refractivity contribution in [3.8, 4) is 0 Å². The van der Waals surface area contributed by atoms with Crippen LogP contribution in [0.2, 0.25) is 0 Å². The molecule has 0 aliphatic heterocycles. The van der Waals surface area contributed by atoms with Gasteiger partial charge in [-0.1, -0.05) is 12.1 Å². The van der Waals surface area contributed by atoms with Crippen molar-refractivity contribution >= 4 is 15.7 Å². The van der Waals surface area contributed by atoms with Gasteiger partial charge in [0.1, 0.15) is 4.90 Å². The molecular formula is C15H24N2O3S. The molecule has 118 valence electrons. The maximum Gasteiger partial charge on any atom is 0.244 e. The zero-order valence-corrected chi connectivity index (χ0v) is 13.5. The molecule has 1 aromatic rings. The fourth-order valence-corrected chi connectivity index (χ4v) is 3.64. The SMILES string of the molecule is CN(C)S(=O)(=O)c1ccccc1N(CCCO)C1CCC1. The fraction of sp³-hybridized carbons (Fsp3) is 0.600. The molecule has 1 aliphatic carbocycles. The van der Waals surface area contributed by atoms with E-state index in [4.69, 9.17) is 5.11 Å². The molecule has 6 heteroatoms. The normalized spacial score (nSPS) is 16.0. The molecule has 1 N–H and O–H groups in total. The Morgan fingerprint density at radius 3 is 2.43 bits per heavy atom. The highest BCUT2D eigenvalue weighted by Crippen LogP contribution is 2.34. The lowest BCUT2D eigenvalue weighted by molar-refractivity contribution is 0.282. The van der Waals surface area contributed by atoms with E-state index in [1.165, 1.54) is 10.7 Å². The summed E-state index contributed by atoms with van der Waals surface area (Å²) in [5, 5.41) is 9.10. The first-order chi connectivity index (χ1) is 9.98. The fourth-order valence-electron chi connectivity index (χ4n) is 2.55. The average Bonchev–Trinajstić information content (AvgIpc) is 2.41. The molecule has 5 nitrogen and oxygen atoms in total. The topological polar surface area (TPSA) is 60.9 Å². The molecule has 0 heterocycles. The zero-order valence-electron chi connectivity index (χ0n) is 12.7. The number of rotatable bonds is 7. The Labute approximate surface area is 127 Å². The van der Waals surface area contributed by atoms with Gasteiger partial charge in [-0.05, 0) is 37.8 Å². The van der Waals surface area contributed by atoms with Crippen molar-refractivity contribution in [2.24, 2.45) is 0 Å². The number of anilines is 1. The Hall–Kier alpha value is -1.11. The number of para-hydroxylation sites is 1. The second kappa shape index (κ2) is 6.77. The molecule has 0 bridgehead atoms. The minimum atomic E-state index is -3.47. The molecular weight excluding hydrogens is 288 g/mol. The van der Waals surface area contributed by atoms with E-state index in [9.17, 15) is 8.42 Å². The number of hydrogen-bond acceptors (Lipinski definition) is 4. The first-order valence-corrected chi connectivity index (χ1v) is 8.81. The Morgan fingerprint density at radius 2 is 1.90 bits per heavy atom. The molecule has 0 aromatic heterocycles. The van der Waals surface area contributed by atoms with Crippen LogP contribution in [0.15, 0.2) is 29.2 Å².